The fourth-order valence-corrected chi connectivity index (χ4v) is 2.68. The van der Waals surface area contributed by atoms with Crippen molar-refractivity contribution >= 4 is 5.84 Å². The fraction of sp³-hybridized carbons (Fsp3) is 0.353. The van der Waals surface area contributed by atoms with Crippen LogP contribution >= 0.6 is 0 Å². The average molecular weight is 299 g/mol. The summed E-state index contributed by atoms with van der Waals surface area (Å²) >= 11 is 0. The molecule has 5 heteroatoms. The van der Waals surface area contributed by atoms with Crippen LogP contribution in [0.4, 0.5) is 0 Å². The number of nitrogens with zero attached hydrogens (tertiary/aromatic N) is 1. The molecule has 2 aliphatic rings. The first kappa shape index (κ1) is 14.8. The van der Waals surface area contributed by atoms with Crippen molar-refractivity contribution in [3.63, 3.8) is 0 Å². The summed E-state index contributed by atoms with van der Waals surface area (Å²) in [6, 6.07) is 9.75. The predicted octanol–water partition coefficient (Wildman–Crippen LogP) is 1.37. The first-order valence-corrected chi connectivity index (χ1v) is 7.45. The second-order valence-corrected chi connectivity index (χ2v) is 5.30. The lowest BCUT2D eigenvalue weighted by Gasteiger charge is -2.30. The monoisotopic (exact) mass is 299 g/mol. The minimum absolute atomic E-state index is 0.287. The molecule has 116 valence electrons. The van der Waals surface area contributed by atoms with Crippen LogP contribution < -0.4 is 11.1 Å². The largest absolute Gasteiger partial charge is 0.490 e. The van der Waals surface area contributed by atoms with Crippen LogP contribution in [0.25, 0.3) is 0 Å². The first-order valence-electron chi connectivity index (χ1n) is 7.45. The molecule has 2 unspecified atom stereocenters. The number of amidine groups is 1. The average Bonchev–Trinajstić information content (AvgIpc) is 3.08. The maximum atomic E-state index is 6.34. The van der Waals surface area contributed by atoms with Crippen LogP contribution in [0.3, 0.4) is 0 Å². The molecule has 3 rings (SSSR count). The molecule has 2 atom stereocenters. The molecule has 0 amide bonds. The predicted molar refractivity (Wildman–Crippen MR) is 86.5 cm³/mol. The van der Waals surface area contributed by atoms with E-state index in [-0.39, 0.29) is 12.1 Å². The van der Waals surface area contributed by atoms with E-state index in [1.165, 1.54) is 0 Å². The lowest BCUT2D eigenvalue weighted by molar-refractivity contribution is 0.0481. The molecule has 3 N–H and O–H groups in total. The van der Waals surface area contributed by atoms with Crippen molar-refractivity contribution < 1.29 is 9.47 Å². The van der Waals surface area contributed by atoms with Crippen molar-refractivity contribution in [1.82, 2.24) is 5.32 Å². The second-order valence-electron chi connectivity index (χ2n) is 5.30. The van der Waals surface area contributed by atoms with Gasteiger partial charge in [0.2, 0.25) is 0 Å². The molecule has 1 heterocycles. The molecule has 0 spiro atoms. The van der Waals surface area contributed by atoms with E-state index in [0.29, 0.717) is 6.61 Å². The number of nitrogens with one attached hydrogen (secondary N) is 1. The van der Waals surface area contributed by atoms with Gasteiger partial charge in [0.25, 0.3) is 0 Å². The van der Waals surface area contributed by atoms with Crippen LogP contribution in [0.2, 0.25) is 0 Å². The van der Waals surface area contributed by atoms with Crippen molar-refractivity contribution in [2.24, 2.45) is 10.7 Å². The number of benzene rings is 1. The van der Waals surface area contributed by atoms with Crippen molar-refractivity contribution in [2.75, 3.05) is 20.2 Å². The summed E-state index contributed by atoms with van der Waals surface area (Å²) in [6.07, 6.45) is 3.60. The van der Waals surface area contributed by atoms with E-state index >= 15 is 0 Å². The zero-order valence-electron chi connectivity index (χ0n) is 12.7. The molecule has 0 saturated heterocycles. The third-order valence-corrected chi connectivity index (χ3v) is 3.84. The summed E-state index contributed by atoms with van der Waals surface area (Å²) in [4.78, 5) is 4.43. The van der Waals surface area contributed by atoms with Crippen LogP contribution in [0.15, 0.2) is 58.8 Å². The fourth-order valence-electron chi connectivity index (χ4n) is 2.68. The Balaban J connectivity index is 1.74. The number of nitrogens with two attached hydrogens (primary N) is 1. The SMILES string of the molecule is COC1C(OCc2ccccc2)=CC=C(C2=NCCN2)C1N. The molecule has 1 aromatic carbocycles. The van der Waals surface area contributed by atoms with Gasteiger partial charge in [0, 0.05) is 19.2 Å². The van der Waals surface area contributed by atoms with E-state index < -0.39 is 0 Å². The lowest BCUT2D eigenvalue weighted by Crippen LogP contribution is -2.45. The van der Waals surface area contributed by atoms with E-state index in [2.05, 4.69) is 10.3 Å². The van der Waals surface area contributed by atoms with E-state index in [1.807, 2.05) is 42.5 Å². The normalized spacial score (nSPS) is 24.2. The Bertz CT molecular complexity index is 608. The Morgan fingerprint density at radius 1 is 1.27 bits per heavy atom. The van der Waals surface area contributed by atoms with Gasteiger partial charge < -0.3 is 20.5 Å². The Kier molecular flexibility index (Phi) is 4.56. The Morgan fingerprint density at radius 3 is 2.77 bits per heavy atom. The molecule has 1 aromatic rings. The quantitative estimate of drug-likeness (QED) is 0.861. The molecule has 0 aromatic heterocycles. The summed E-state index contributed by atoms with van der Waals surface area (Å²) in [6.45, 7) is 2.15. The third-order valence-electron chi connectivity index (χ3n) is 3.84. The molecule has 1 aliphatic heterocycles. The van der Waals surface area contributed by atoms with E-state index in [4.69, 9.17) is 15.2 Å². The maximum Gasteiger partial charge on any atom is 0.133 e. The van der Waals surface area contributed by atoms with Crippen LogP contribution in [0.5, 0.6) is 0 Å². The highest BCUT2D eigenvalue weighted by Gasteiger charge is 2.32. The topological polar surface area (TPSA) is 68.9 Å². The number of allylic oxidation sites excluding steroid dienone is 2. The minimum Gasteiger partial charge on any atom is -0.490 e. The molecule has 0 saturated carbocycles. The highest BCUT2D eigenvalue weighted by atomic mass is 16.5. The Hall–Kier alpha value is -2.11. The highest BCUT2D eigenvalue weighted by molar-refractivity contribution is 6.01. The number of rotatable bonds is 5. The van der Waals surface area contributed by atoms with E-state index in [1.54, 1.807) is 7.11 Å². The molecule has 0 bridgehead atoms. The smallest absolute Gasteiger partial charge is 0.133 e. The highest BCUT2D eigenvalue weighted by Crippen LogP contribution is 2.24. The first-order chi connectivity index (χ1) is 10.8. The van der Waals surface area contributed by atoms with Gasteiger partial charge in [-0.3, -0.25) is 4.99 Å². The van der Waals surface area contributed by atoms with E-state index in [0.717, 1.165) is 35.8 Å². The standard InChI is InChI=1S/C17H21N3O2/c1-21-16-14(22-11-12-5-3-2-4-6-12)8-7-13(15(16)18)17-19-9-10-20-17/h2-8,15-16H,9-11,18H2,1H3,(H,19,20). The molecule has 0 fully saturated rings. The van der Waals surface area contributed by atoms with Gasteiger partial charge in [0.05, 0.1) is 12.6 Å². The van der Waals surface area contributed by atoms with Crippen LogP contribution in [-0.2, 0) is 16.1 Å². The van der Waals surface area contributed by atoms with Gasteiger partial charge in [-0.15, -0.1) is 0 Å². The van der Waals surface area contributed by atoms with Crippen molar-refractivity contribution in [1.29, 1.82) is 0 Å². The number of hydrogen-bond acceptors (Lipinski definition) is 5. The van der Waals surface area contributed by atoms with Crippen molar-refractivity contribution in [2.45, 2.75) is 18.8 Å². The van der Waals surface area contributed by atoms with Crippen LogP contribution in [-0.4, -0.2) is 38.2 Å². The summed E-state index contributed by atoms with van der Waals surface area (Å²) in [5.74, 6) is 1.62. The van der Waals surface area contributed by atoms with Crippen molar-refractivity contribution in [3.8, 4) is 0 Å². The summed E-state index contributed by atoms with van der Waals surface area (Å²) in [5.41, 5.74) is 8.42. The third kappa shape index (κ3) is 3.05. The molecular weight excluding hydrogens is 278 g/mol. The minimum atomic E-state index is -0.297. The summed E-state index contributed by atoms with van der Waals surface area (Å²) < 4.78 is 11.5. The van der Waals surface area contributed by atoms with Gasteiger partial charge in [0.15, 0.2) is 0 Å². The molecule has 1 aliphatic carbocycles. The zero-order valence-corrected chi connectivity index (χ0v) is 12.7. The molecule has 0 radical (unpaired) electrons. The lowest BCUT2D eigenvalue weighted by atomic mass is 9.94. The van der Waals surface area contributed by atoms with E-state index in [9.17, 15) is 0 Å². The summed E-state index contributed by atoms with van der Waals surface area (Å²) in [7, 11) is 1.65. The molecular formula is C17H21N3O2. The Labute approximate surface area is 130 Å². The molecule has 5 nitrogen and oxygen atoms in total. The number of methoxy groups -OCH3 is 1. The van der Waals surface area contributed by atoms with Crippen molar-refractivity contribution in [3.05, 3.63) is 59.4 Å². The second kappa shape index (κ2) is 6.77. The van der Waals surface area contributed by atoms with Gasteiger partial charge in [-0.2, -0.15) is 0 Å². The number of aliphatic imine (C=N–C) groups is 1. The van der Waals surface area contributed by atoms with Crippen LogP contribution in [0.1, 0.15) is 5.56 Å². The zero-order chi connectivity index (χ0) is 15.4. The van der Waals surface area contributed by atoms with Gasteiger partial charge in [-0.25, -0.2) is 0 Å². The van der Waals surface area contributed by atoms with Gasteiger partial charge in [-0.05, 0) is 11.6 Å². The van der Waals surface area contributed by atoms with Crippen LogP contribution in [0, 0.1) is 0 Å². The summed E-state index contributed by atoms with van der Waals surface area (Å²) in [5, 5.41) is 3.25. The number of hydrogen-bond donors (Lipinski definition) is 2. The number of ether oxygens (including phenoxy) is 2. The molecule has 22 heavy (non-hydrogen) atoms. The van der Waals surface area contributed by atoms with Gasteiger partial charge in [0.1, 0.15) is 24.3 Å². The Morgan fingerprint density at radius 2 is 2.09 bits per heavy atom. The maximum absolute atomic E-state index is 6.34. The van der Waals surface area contributed by atoms with Gasteiger partial charge in [-0.1, -0.05) is 36.4 Å². The van der Waals surface area contributed by atoms with Gasteiger partial charge >= 0.3 is 0 Å².